The van der Waals surface area contributed by atoms with Gasteiger partial charge in [0, 0.05) is 23.5 Å². The van der Waals surface area contributed by atoms with Crippen molar-refractivity contribution in [1.29, 1.82) is 0 Å². The second-order valence-corrected chi connectivity index (χ2v) is 8.76. The van der Waals surface area contributed by atoms with Gasteiger partial charge in [0.1, 0.15) is 18.1 Å². The summed E-state index contributed by atoms with van der Waals surface area (Å²) in [6, 6.07) is 1.64. The van der Waals surface area contributed by atoms with E-state index in [4.69, 9.17) is 16.6 Å². The van der Waals surface area contributed by atoms with Gasteiger partial charge < -0.3 is 47.7 Å². The fourth-order valence-electron chi connectivity index (χ4n) is 3.76. The smallest absolute Gasteiger partial charge is 0.326 e. The Bertz CT molecular complexity index is 1140. The van der Waals surface area contributed by atoms with E-state index in [0.717, 1.165) is 10.9 Å². The molecule has 14 nitrogen and oxygen atoms in total. The van der Waals surface area contributed by atoms with E-state index in [9.17, 15) is 34.2 Å². The number of nitrogens with two attached hydrogens (primary N) is 2. The lowest BCUT2D eigenvalue weighted by molar-refractivity contribution is -0.147. The number of aliphatic hydroxyl groups is 1. The fourth-order valence-corrected chi connectivity index (χ4v) is 3.76. The van der Waals surface area contributed by atoms with Crippen molar-refractivity contribution < 1.29 is 39.3 Å². The molecule has 4 unspecified atom stereocenters. The molecule has 11 N–H and O–H groups in total. The number of para-hydroxylation sites is 1. The number of benzene rings is 1. The van der Waals surface area contributed by atoms with Gasteiger partial charge in [-0.1, -0.05) is 24.6 Å². The Kier molecular flexibility index (Phi) is 11.7. The number of H-pyrrole nitrogens is 1. The summed E-state index contributed by atoms with van der Waals surface area (Å²) < 4.78 is 0. The summed E-state index contributed by atoms with van der Waals surface area (Å²) in [5, 5.41) is 35.7. The molecule has 0 spiro atoms. The quantitative estimate of drug-likeness (QED) is 0.109. The third-order valence-electron chi connectivity index (χ3n) is 5.85. The molecular weight excluding hydrogens is 500 g/mol. The number of carboxylic acid groups (broad SMARTS) is 2. The predicted octanol–water partition coefficient (Wildman–Crippen LogP) is -1.83. The molecule has 208 valence electrons. The maximum absolute atomic E-state index is 13.1. The molecule has 14 heteroatoms. The van der Waals surface area contributed by atoms with Crippen molar-refractivity contribution in [3.8, 4) is 0 Å². The molecule has 0 aliphatic heterocycles. The molecule has 0 radical (unpaired) electrons. The number of aromatic amines is 1. The average Bonchev–Trinajstić information content (AvgIpc) is 3.28. The van der Waals surface area contributed by atoms with Crippen LogP contribution in [0.1, 0.15) is 31.2 Å². The van der Waals surface area contributed by atoms with Gasteiger partial charge in [-0.15, -0.1) is 0 Å². The second-order valence-electron chi connectivity index (χ2n) is 8.76. The Hall–Kier alpha value is -4.01. The summed E-state index contributed by atoms with van der Waals surface area (Å²) in [7, 11) is 0. The Morgan fingerprint density at radius 1 is 0.895 bits per heavy atom. The van der Waals surface area contributed by atoms with Crippen LogP contribution in [0.5, 0.6) is 0 Å². The van der Waals surface area contributed by atoms with Crippen LogP contribution in [0.25, 0.3) is 10.9 Å². The lowest BCUT2D eigenvalue weighted by atomic mass is 10.0. The van der Waals surface area contributed by atoms with E-state index < -0.39 is 66.9 Å². The van der Waals surface area contributed by atoms with Gasteiger partial charge in [0.2, 0.25) is 17.7 Å². The number of hydrogen-bond donors (Lipinski definition) is 9. The first kappa shape index (κ1) is 30.2. The van der Waals surface area contributed by atoms with Crippen molar-refractivity contribution in [2.75, 3.05) is 13.2 Å². The van der Waals surface area contributed by atoms with Crippen LogP contribution in [0.3, 0.4) is 0 Å². The lowest BCUT2D eigenvalue weighted by Crippen LogP contribution is -2.58. The van der Waals surface area contributed by atoms with E-state index in [1.54, 1.807) is 30.5 Å². The minimum atomic E-state index is -1.75. The number of carbonyl (C=O) groups excluding carboxylic acids is 3. The number of aliphatic carboxylic acids is 2. The van der Waals surface area contributed by atoms with Gasteiger partial charge in [-0.3, -0.25) is 19.2 Å². The molecule has 1 heterocycles. The summed E-state index contributed by atoms with van der Waals surface area (Å²) in [5.41, 5.74) is 12.6. The zero-order valence-corrected chi connectivity index (χ0v) is 20.7. The number of aliphatic hydroxyl groups excluding tert-OH is 1. The minimum absolute atomic E-state index is 0.105. The van der Waals surface area contributed by atoms with Crippen molar-refractivity contribution in [2.45, 2.75) is 56.3 Å². The molecule has 3 amide bonds. The molecule has 0 saturated heterocycles. The molecule has 1 aromatic heterocycles. The first-order chi connectivity index (χ1) is 18.1. The molecule has 0 aliphatic carbocycles. The van der Waals surface area contributed by atoms with Crippen molar-refractivity contribution in [3.05, 3.63) is 36.0 Å². The second kappa shape index (κ2) is 14.7. The zero-order valence-electron chi connectivity index (χ0n) is 20.7. The number of carboxylic acids is 2. The number of aromatic nitrogens is 1. The molecular formula is C24H34N6O8. The fraction of sp³-hybridized carbons (Fsp3) is 0.458. The average molecular weight is 535 g/mol. The van der Waals surface area contributed by atoms with E-state index in [1.165, 1.54) is 0 Å². The van der Waals surface area contributed by atoms with Crippen molar-refractivity contribution in [1.82, 2.24) is 20.9 Å². The molecule has 4 atom stereocenters. The van der Waals surface area contributed by atoms with Gasteiger partial charge in [0.25, 0.3) is 0 Å². The number of amides is 3. The van der Waals surface area contributed by atoms with Crippen LogP contribution in [0, 0.1) is 0 Å². The standard InChI is InChI=1S/C24H34N6O8/c25-8-4-3-6-15(26)21(34)30-19(12-31)23(36)28-17(22(35)29-18(24(37)38)10-20(32)33)9-13-11-27-16-7-2-1-5-14(13)16/h1-2,5,7,11,15,17-19,27,31H,3-4,6,8-10,12,25-26H2,(H,28,36)(H,29,35)(H,30,34)(H,32,33)(H,37,38). The van der Waals surface area contributed by atoms with E-state index in [-0.39, 0.29) is 6.42 Å². The zero-order chi connectivity index (χ0) is 28.2. The summed E-state index contributed by atoms with van der Waals surface area (Å²) >= 11 is 0. The highest BCUT2D eigenvalue weighted by molar-refractivity contribution is 5.95. The van der Waals surface area contributed by atoms with Crippen LogP contribution >= 0.6 is 0 Å². The number of nitrogens with one attached hydrogen (secondary N) is 4. The third-order valence-corrected chi connectivity index (χ3v) is 5.85. The maximum atomic E-state index is 13.1. The van der Waals surface area contributed by atoms with Crippen molar-refractivity contribution in [3.63, 3.8) is 0 Å². The Labute approximate surface area is 218 Å². The normalized spacial score (nSPS) is 14.2. The van der Waals surface area contributed by atoms with Gasteiger partial charge in [-0.25, -0.2) is 4.79 Å². The predicted molar refractivity (Wildman–Crippen MR) is 136 cm³/mol. The highest BCUT2D eigenvalue weighted by Gasteiger charge is 2.31. The van der Waals surface area contributed by atoms with Crippen LogP contribution in [-0.2, 0) is 30.4 Å². The molecule has 0 saturated carbocycles. The van der Waals surface area contributed by atoms with Gasteiger partial charge >= 0.3 is 11.9 Å². The largest absolute Gasteiger partial charge is 0.481 e. The molecule has 0 aliphatic rings. The Morgan fingerprint density at radius 3 is 2.16 bits per heavy atom. The van der Waals surface area contributed by atoms with Crippen LogP contribution in [-0.4, -0.2) is 87.3 Å². The van der Waals surface area contributed by atoms with E-state index in [0.29, 0.717) is 31.4 Å². The first-order valence-electron chi connectivity index (χ1n) is 12.0. The topological polar surface area (TPSA) is 250 Å². The Morgan fingerprint density at radius 2 is 1.53 bits per heavy atom. The SMILES string of the molecule is NCCCCC(N)C(=O)NC(CO)C(=O)NC(Cc1c[nH]c2ccccc12)C(=O)NC(CC(=O)O)C(=O)O. The summed E-state index contributed by atoms with van der Waals surface area (Å²) in [6.45, 7) is -0.365. The third kappa shape index (κ3) is 8.83. The number of rotatable bonds is 16. The van der Waals surface area contributed by atoms with Crippen LogP contribution in [0.15, 0.2) is 30.5 Å². The summed E-state index contributed by atoms with van der Waals surface area (Å²) in [6.07, 6.45) is 2.20. The number of hydrogen-bond acceptors (Lipinski definition) is 8. The van der Waals surface area contributed by atoms with Crippen molar-refractivity contribution in [2.24, 2.45) is 11.5 Å². The lowest BCUT2D eigenvalue weighted by Gasteiger charge is -2.24. The van der Waals surface area contributed by atoms with Crippen LogP contribution < -0.4 is 27.4 Å². The summed E-state index contributed by atoms with van der Waals surface area (Å²) in [4.78, 5) is 63.9. The maximum Gasteiger partial charge on any atom is 0.326 e. The minimum Gasteiger partial charge on any atom is -0.481 e. The van der Waals surface area contributed by atoms with E-state index >= 15 is 0 Å². The van der Waals surface area contributed by atoms with E-state index in [2.05, 4.69) is 20.9 Å². The monoisotopic (exact) mass is 534 g/mol. The molecule has 2 aromatic rings. The molecule has 1 aromatic carbocycles. The Balaban J connectivity index is 2.22. The first-order valence-corrected chi connectivity index (χ1v) is 12.0. The molecule has 2 rings (SSSR count). The van der Waals surface area contributed by atoms with Gasteiger partial charge in [-0.2, -0.15) is 0 Å². The van der Waals surface area contributed by atoms with E-state index in [1.807, 2.05) is 0 Å². The van der Waals surface area contributed by atoms with Crippen LogP contribution in [0.4, 0.5) is 0 Å². The molecule has 0 fully saturated rings. The number of unbranched alkanes of at least 4 members (excludes halogenated alkanes) is 1. The highest BCUT2D eigenvalue weighted by atomic mass is 16.4. The highest BCUT2D eigenvalue weighted by Crippen LogP contribution is 2.19. The van der Waals surface area contributed by atoms with Gasteiger partial charge in [0.15, 0.2) is 0 Å². The van der Waals surface area contributed by atoms with Gasteiger partial charge in [-0.05, 0) is 31.0 Å². The molecule has 38 heavy (non-hydrogen) atoms. The van der Waals surface area contributed by atoms with Gasteiger partial charge in [0.05, 0.1) is 19.1 Å². The number of fused-ring (bicyclic) bond motifs is 1. The van der Waals surface area contributed by atoms with Crippen LogP contribution in [0.2, 0.25) is 0 Å². The molecule has 0 bridgehead atoms. The summed E-state index contributed by atoms with van der Waals surface area (Å²) in [5.74, 6) is -5.57. The van der Waals surface area contributed by atoms with Crippen molar-refractivity contribution >= 4 is 40.6 Å². The number of carbonyl (C=O) groups is 5.